The van der Waals surface area contributed by atoms with Crippen LogP contribution in [0, 0.1) is 5.92 Å². The van der Waals surface area contributed by atoms with E-state index in [2.05, 4.69) is 10.6 Å². The van der Waals surface area contributed by atoms with Crippen LogP contribution in [0.1, 0.15) is 38.2 Å². The van der Waals surface area contributed by atoms with Crippen molar-refractivity contribution in [2.24, 2.45) is 5.92 Å². The first kappa shape index (κ1) is 18.7. The first-order valence-electron chi connectivity index (χ1n) is 8.55. The summed E-state index contributed by atoms with van der Waals surface area (Å²) in [5.74, 6) is 0.789. The number of aryl methyl sites for hydroxylation is 1. The average Bonchev–Trinajstić information content (AvgIpc) is 3.05. The van der Waals surface area contributed by atoms with Gasteiger partial charge in [-0.15, -0.1) is 12.4 Å². The molecule has 2 heterocycles. The van der Waals surface area contributed by atoms with Crippen LogP contribution in [0.25, 0.3) is 0 Å². The minimum absolute atomic E-state index is 0. The number of nitrogens with zero attached hydrogens (tertiary/aromatic N) is 1. The van der Waals surface area contributed by atoms with E-state index in [9.17, 15) is 9.59 Å². The molecule has 2 aliphatic rings. The summed E-state index contributed by atoms with van der Waals surface area (Å²) >= 11 is 0. The van der Waals surface area contributed by atoms with Crippen molar-refractivity contribution in [3.8, 4) is 0 Å². The van der Waals surface area contributed by atoms with Crippen LogP contribution in [0.4, 0.5) is 11.4 Å². The van der Waals surface area contributed by atoms with Gasteiger partial charge in [0, 0.05) is 31.3 Å². The van der Waals surface area contributed by atoms with E-state index in [4.69, 9.17) is 0 Å². The van der Waals surface area contributed by atoms with E-state index in [-0.39, 0.29) is 24.2 Å². The molecule has 132 valence electrons. The fourth-order valence-corrected chi connectivity index (χ4v) is 3.52. The number of carbonyl (C=O) groups excluding carboxylic acids is 2. The Hall–Kier alpha value is -1.59. The molecule has 2 N–H and O–H groups in total. The molecule has 24 heavy (non-hydrogen) atoms. The molecule has 0 bridgehead atoms. The standard InChI is InChI=1S/C18H25N3O2.ClH/c1-13(22)21-10-2-3-15-11-16(5-6-17(15)21)20-18(23)7-4-14-8-9-19-12-14;/h5-6,11,14,19H,2-4,7-10,12H2,1H3,(H,20,23);1H. The smallest absolute Gasteiger partial charge is 0.224 e. The van der Waals surface area contributed by atoms with Gasteiger partial charge in [-0.05, 0) is 68.5 Å². The summed E-state index contributed by atoms with van der Waals surface area (Å²) in [5.41, 5.74) is 2.96. The van der Waals surface area contributed by atoms with Crippen LogP contribution in [-0.2, 0) is 16.0 Å². The van der Waals surface area contributed by atoms with Crippen LogP contribution in [0.5, 0.6) is 0 Å². The third-order valence-corrected chi connectivity index (χ3v) is 4.80. The van der Waals surface area contributed by atoms with Gasteiger partial charge in [-0.1, -0.05) is 0 Å². The lowest BCUT2D eigenvalue weighted by Crippen LogP contribution is -2.33. The highest BCUT2D eigenvalue weighted by Gasteiger charge is 2.20. The molecular formula is C18H26ClN3O2. The maximum atomic E-state index is 12.1. The van der Waals surface area contributed by atoms with Crippen LogP contribution in [0.2, 0.25) is 0 Å². The Kier molecular flexibility index (Phi) is 6.63. The average molecular weight is 352 g/mol. The molecule has 3 rings (SSSR count). The fourth-order valence-electron chi connectivity index (χ4n) is 3.52. The molecule has 1 unspecified atom stereocenters. The molecule has 2 amide bonds. The van der Waals surface area contributed by atoms with Gasteiger partial charge in [0.25, 0.3) is 0 Å². The molecule has 0 aliphatic carbocycles. The summed E-state index contributed by atoms with van der Waals surface area (Å²) in [6.07, 6.45) is 4.62. The van der Waals surface area contributed by atoms with E-state index < -0.39 is 0 Å². The number of carbonyl (C=O) groups is 2. The molecule has 1 aromatic carbocycles. The zero-order chi connectivity index (χ0) is 16.2. The quantitative estimate of drug-likeness (QED) is 0.876. The number of halogens is 1. The molecular weight excluding hydrogens is 326 g/mol. The first-order chi connectivity index (χ1) is 11.1. The zero-order valence-corrected chi connectivity index (χ0v) is 15.0. The van der Waals surface area contributed by atoms with Gasteiger partial charge in [0.05, 0.1) is 0 Å². The van der Waals surface area contributed by atoms with Gasteiger partial charge in [-0.2, -0.15) is 0 Å². The summed E-state index contributed by atoms with van der Waals surface area (Å²) < 4.78 is 0. The number of amides is 2. The molecule has 1 fully saturated rings. The number of nitrogens with one attached hydrogen (secondary N) is 2. The first-order valence-corrected chi connectivity index (χ1v) is 8.55. The van der Waals surface area contributed by atoms with Crippen LogP contribution in [0.3, 0.4) is 0 Å². The van der Waals surface area contributed by atoms with E-state index in [1.807, 2.05) is 23.1 Å². The second kappa shape index (κ2) is 8.49. The van der Waals surface area contributed by atoms with Crippen LogP contribution in [-0.4, -0.2) is 31.4 Å². The Balaban J connectivity index is 0.00000208. The van der Waals surface area contributed by atoms with Crippen LogP contribution < -0.4 is 15.5 Å². The fraction of sp³-hybridized carbons (Fsp3) is 0.556. The molecule has 0 spiro atoms. The van der Waals surface area contributed by atoms with Crippen molar-refractivity contribution in [3.05, 3.63) is 23.8 Å². The Bertz CT molecular complexity index is 600. The Morgan fingerprint density at radius 1 is 1.38 bits per heavy atom. The SMILES string of the molecule is CC(=O)N1CCCc2cc(NC(=O)CCC3CCNC3)ccc21.Cl. The zero-order valence-electron chi connectivity index (χ0n) is 14.1. The summed E-state index contributed by atoms with van der Waals surface area (Å²) in [5, 5.41) is 6.33. The summed E-state index contributed by atoms with van der Waals surface area (Å²) in [6, 6.07) is 5.86. The molecule has 6 heteroatoms. The summed E-state index contributed by atoms with van der Waals surface area (Å²) in [4.78, 5) is 25.6. The van der Waals surface area contributed by atoms with Crippen LogP contribution in [0.15, 0.2) is 18.2 Å². The van der Waals surface area contributed by atoms with Gasteiger partial charge in [0.15, 0.2) is 0 Å². The highest BCUT2D eigenvalue weighted by molar-refractivity contribution is 5.94. The topological polar surface area (TPSA) is 61.4 Å². The predicted octanol–water partition coefficient (Wildman–Crippen LogP) is 2.74. The van der Waals surface area contributed by atoms with E-state index in [1.54, 1.807) is 6.92 Å². The number of hydrogen-bond acceptors (Lipinski definition) is 3. The van der Waals surface area contributed by atoms with Gasteiger partial charge in [-0.3, -0.25) is 9.59 Å². The summed E-state index contributed by atoms with van der Waals surface area (Å²) in [6.45, 7) is 4.49. The second-order valence-corrected chi connectivity index (χ2v) is 6.56. The lowest BCUT2D eigenvalue weighted by molar-refractivity contribution is -0.117. The number of anilines is 2. The molecule has 0 radical (unpaired) electrons. The lowest BCUT2D eigenvalue weighted by Gasteiger charge is -2.29. The minimum Gasteiger partial charge on any atom is -0.326 e. The molecule has 1 saturated heterocycles. The van der Waals surface area contributed by atoms with Gasteiger partial charge in [-0.25, -0.2) is 0 Å². The van der Waals surface area contributed by atoms with Crippen LogP contribution >= 0.6 is 12.4 Å². The van der Waals surface area contributed by atoms with Crippen molar-refractivity contribution >= 4 is 35.6 Å². The van der Waals surface area contributed by atoms with Crippen molar-refractivity contribution in [3.63, 3.8) is 0 Å². The second-order valence-electron chi connectivity index (χ2n) is 6.56. The highest BCUT2D eigenvalue weighted by atomic mass is 35.5. The lowest BCUT2D eigenvalue weighted by atomic mass is 10.0. The van der Waals surface area contributed by atoms with Gasteiger partial charge in [0.1, 0.15) is 0 Å². The third-order valence-electron chi connectivity index (χ3n) is 4.80. The molecule has 0 aromatic heterocycles. The number of fused-ring (bicyclic) bond motifs is 1. The van der Waals surface area contributed by atoms with E-state index >= 15 is 0 Å². The van der Waals surface area contributed by atoms with E-state index in [1.165, 1.54) is 6.42 Å². The molecule has 0 saturated carbocycles. The predicted molar refractivity (Wildman–Crippen MR) is 98.9 cm³/mol. The van der Waals surface area contributed by atoms with Crippen molar-refractivity contribution in [1.29, 1.82) is 0 Å². The number of benzene rings is 1. The number of hydrogen-bond donors (Lipinski definition) is 2. The van der Waals surface area contributed by atoms with E-state index in [0.29, 0.717) is 12.3 Å². The Morgan fingerprint density at radius 3 is 2.92 bits per heavy atom. The Labute approximate surface area is 149 Å². The van der Waals surface area contributed by atoms with Gasteiger partial charge < -0.3 is 15.5 Å². The van der Waals surface area contributed by atoms with Crippen molar-refractivity contribution < 1.29 is 9.59 Å². The maximum Gasteiger partial charge on any atom is 0.224 e. The van der Waals surface area contributed by atoms with Gasteiger partial charge >= 0.3 is 0 Å². The number of rotatable bonds is 4. The van der Waals surface area contributed by atoms with Crippen molar-refractivity contribution in [2.75, 3.05) is 29.9 Å². The van der Waals surface area contributed by atoms with Crippen molar-refractivity contribution in [1.82, 2.24) is 5.32 Å². The monoisotopic (exact) mass is 351 g/mol. The minimum atomic E-state index is 0. The largest absolute Gasteiger partial charge is 0.326 e. The highest BCUT2D eigenvalue weighted by Crippen LogP contribution is 2.30. The molecule has 5 nitrogen and oxygen atoms in total. The summed E-state index contributed by atoms with van der Waals surface area (Å²) in [7, 11) is 0. The molecule has 1 aromatic rings. The third kappa shape index (κ3) is 4.48. The molecule has 2 aliphatic heterocycles. The van der Waals surface area contributed by atoms with Gasteiger partial charge in [0.2, 0.25) is 11.8 Å². The normalized spacial score (nSPS) is 19.4. The Morgan fingerprint density at radius 2 is 2.21 bits per heavy atom. The maximum absolute atomic E-state index is 12.1. The molecule has 1 atom stereocenters. The van der Waals surface area contributed by atoms with Crippen molar-refractivity contribution in [2.45, 2.75) is 39.0 Å². The van der Waals surface area contributed by atoms with E-state index in [0.717, 1.165) is 55.8 Å².